The monoisotopic (exact) mass is 564 g/mol. The first-order valence-corrected chi connectivity index (χ1v) is 9.73. The molecule has 0 aliphatic rings. The van der Waals surface area contributed by atoms with Crippen molar-refractivity contribution in [2.45, 2.75) is 24.9 Å². The predicted octanol–water partition coefficient (Wildman–Crippen LogP) is 3.41. The van der Waals surface area contributed by atoms with E-state index in [0.717, 1.165) is 11.1 Å². The number of hydrogen-bond acceptors (Lipinski definition) is 3. The van der Waals surface area contributed by atoms with Gasteiger partial charge in [-0.05, 0) is 17.5 Å². The highest BCUT2D eigenvalue weighted by atomic mass is 127. The third kappa shape index (κ3) is 5.93. The topological polar surface area (TPSA) is 69.6 Å². The van der Waals surface area contributed by atoms with E-state index in [0.29, 0.717) is 6.42 Å². The first kappa shape index (κ1) is 20.1. The number of carbonyl (C=O) groups is 2. The second kappa shape index (κ2) is 10.1. The maximum atomic E-state index is 12.8. The maximum absolute atomic E-state index is 12.8. The van der Waals surface area contributed by atoms with Crippen LogP contribution >= 0.6 is 45.7 Å². The van der Waals surface area contributed by atoms with E-state index in [9.17, 15) is 14.7 Å². The zero-order valence-corrected chi connectivity index (χ0v) is 17.6. The highest BCUT2D eigenvalue weighted by Crippen LogP contribution is 2.17. The third-order valence-corrected chi connectivity index (χ3v) is 5.65. The molecule has 0 spiro atoms. The Hall–Kier alpha value is -1.20. The van der Waals surface area contributed by atoms with Gasteiger partial charge in [0.05, 0.1) is 28.9 Å². The van der Waals surface area contributed by atoms with Crippen LogP contribution in [0, 0.1) is 0 Å². The summed E-state index contributed by atoms with van der Waals surface area (Å²) < 4.78 is 4.27. The fourth-order valence-electron chi connectivity index (χ4n) is 2.43. The standard InChI is InChI=1S/C18H18I2N2O3/c19-21-15(11-13-7-3-1-4-8-13)17(23)22(20)16(18(24)25)12-14-9-5-2-6-10-14/h1-10,15-16,21H,11-12H2,(H,24,25)/t15-,16-/m0/s1. The Balaban J connectivity index is 2.11. The van der Waals surface area contributed by atoms with E-state index in [1.807, 2.05) is 106 Å². The molecule has 5 nitrogen and oxygen atoms in total. The van der Waals surface area contributed by atoms with Gasteiger partial charge in [0, 0.05) is 29.3 Å². The lowest BCUT2D eigenvalue weighted by Gasteiger charge is -2.26. The molecule has 0 radical (unpaired) electrons. The van der Waals surface area contributed by atoms with Crippen LogP contribution in [0.4, 0.5) is 0 Å². The van der Waals surface area contributed by atoms with Crippen molar-refractivity contribution in [3.05, 3.63) is 71.8 Å². The molecule has 1 amide bonds. The molecule has 132 valence electrons. The molecular weight excluding hydrogens is 546 g/mol. The van der Waals surface area contributed by atoms with Gasteiger partial charge in [0.25, 0.3) is 0 Å². The van der Waals surface area contributed by atoms with Gasteiger partial charge in [-0.3, -0.25) is 7.91 Å². The van der Waals surface area contributed by atoms with Crippen LogP contribution in [-0.2, 0) is 22.4 Å². The van der Waals surface area contributed by atoms with E-state index in [1.54, 1.807) is 0 Å². The molecule has 0 unspecified atom stereocenters. The van der Waals surface area contributed by atoms with Gasteiger partial charge in [-0.15, -0.1) is 0 Å². The Bertz CT molecular complexity index is 698. The van der Waals surface area contributed by atoms with E-state index < -0.39 is 18.1 Å². The van der Waals surface area contributed by atoms with Crippen molar-refractivity contribution in [3.8, 4) is 0 Å². The number of halogens is 2. The highest BCUT2D eigenvalue weighted by molar-refractivity contribution is 14.1. The van der Waals surface area contributed by atoms with Crippen LogP contribution in [-0.4, -0.2) is 32.2 Å². The average molecular weight is 564 g/mol. The molecule has 0 aromatic heterocycles. The number of carboxylic acid groups (broad SMARTS) is 1. The normalized spacial score (nSPS) is 13.0. The second-order valence-corrected chi connectivity index (χ2v) is 7.21. The highest BCUT2D eigenvalue weighted by Gasteiger charge is 2.32. The van der Waals surface area contributed by atoms with Crippen LogP contribution in [0.15, 0.2) is 60.7 Å². The quantitative estimate of drug-likeness (QED) is 0.381. The number of aliphatic carboxylic acids is 1. The molecule has 2 aromatic carbocycles. The Morgan fingerprint density at radius 2 is 1.44 bits per heavy atom. The number of hydrogen-bond donors (Lipinski definition) is 2. The molecule has 25 heavy (non-hydrogen) atoms. The lowest BCUT2D eigenvalue weighted by molar-refractivity contribution is -0.145. The van der Waals surface area contributed by atoms with Gasteiger partial charge < -0.3 is 5.11 Å². The maximum Gasteiger partial charge on any atom is 0.327 e. The van der Waals surface area contributed by atoms with Crippen molar-refractivity contribution in [3.63, 3.8) is 0 Å². The number of rotatable bonds is 8. The van der Waals surface area contributed by atoms with Crippen LogP contribution in [0.5, 0.6) is 0 Å². The van der Waals surface area contributed by atoms with Crippen LogP contribution < -0.4 is 3.53 Å². The lowest BCUT2D eigenvalue weighted by Crippen LogP contribution is -2.48. The predicted molar refractivity (Wildman–Crippen MR) is 114 cm³/mol. The third-order valence-electron chi connectivity index (χ3n) is 3.75. The molecule has 0 heterocycles. The summed E-state index contributed by atoms with van der Waals surface area (Å²) in [5.41, 5.74) is 1.90. The van der Waals surface area contributed by atoms with Gasteiger partial charge in [-0.1, -0.05) is 60.7 Å². The molecule has 2 atom stereocenters. The summed E-state index contributed by atoms with van der Waals surface area (Å²) in [6, 6.07) is 17.6. The van der Waals surface area contributed by atoms with Crippen molar-refractivity contribution < 1.29 is 14.7 Å². The van der Waals surface area contributed by atoms with Crippen molar-refractivity contribution in [1.29, 1.82) is 0 Å². The van der Waals surface area contributed by atoms with E-state index in [2.05, 4.69) is 3.53 Å². The van der Waals surface area contributed by atoms with Crippen molar-refractivity contribution >= 4 is 57.6 Å². The molecule has 0 saturated carbocycles. The van der Waals surface area contributed by atoms with Crippen molar-refractivity contribution in [2.24, 2.45) is 0 Å². The molecule has 0 saturated heterocycles. The molecular formula is C18H18I2N2O3. The van der Waals surface area contributed by atoms with Gasteiger partial charge in [-0.25, -0.2) is 8.32 Å². The number of amides is 1. The fraction of sp³-hybridized carbons (Fsp3) is 0.222. The Morgan fingerprint density at radius 3 is 1.88 bits per heavy atom. The van der Waals surface area contributed by atoms with Crippen molar-refractivity contribution in [1.82, 2.24) is 6.64 Å². The Morgan fingerprint density at radius 1 is 0.960 bits per heavy atom. The molecule has 2 N–H and O–H groups in total. The average Bonchev–Trinajstić information content (AvgIpc) is 2.64. The Labute approximate surface area is 174 Å². The zero-order valence-electron chi connectivity index (χ0n) is 13.3. The van der Waals surface area contributed by atoms with Crippen LogP contribution in [0.25, 0.3) is 0 Å². The summed E-state index contributed by atoms with van der Waals surface area (Å²) in [5, 5.41) is 9.58. The Kier molecular flexibility index (Phi) is 8.10. The zero-order chi connectivity index (χ0) is 18.2. The summed E-state index contributed by atoms with van der Waals surface area (Å²) in [5.74, 6) is -1.26. The van der Waals surface area contributed by atoms with Gasteiger partial charge in [-0.2, -0.15) is 0 Å². The van der Waals surface area contributed by atoms with Gasteiger partial charge in [0.2, 0.25) is 5.91 Å². The van der Waals surface area contributed by atoms with Crippen LogP contribution in [0.3, 0.4) is 0 Å². The van der Waals surface area contributed by atoms with E-state index in [-0.39, 0.29) is 12.3 Å². The molecule has 0 aliphatic heterocycles. The minimum atomic E-state index is -1.02. The van der Waals surface area contributed by atoms with Gasteiger partial charge >= 0.3 is 5.97 Å². The second-order valence-electron chi connectivity index (χ2n) is 5.54. The van der Waals surface area contributed by atoms with E-state index in [1.165, 1.54) is 3.11 Å². The van der Waals surface area contributed by atoms with Crippen LogP contribution in [0.1, 0.15) is 11.1 Å². The smallest absolute Gasteiger partial charge is 0.327 e. The minimum Gasteiger partial charge on any atom is -0.480 e. The number of benzene rings is 2. The molecule has 0 bridgehead atoms. The van der Waals surface area contributed by atoms with Gasteiger partial charge in [0.1, 0.15) is 6.04 Å². The molecule has 0 fully saturated rings. The summed E-state index contributed by atoms with van der Waals surface area (Å²) in [4.78, 5) is 24.5. The summed E-state index contributed by atoms with van der Waals surface area (Å²) >= 11 is 3.75. The number of nitrogens with zero attached hydrogens (tertiary/aromatic N) is 1. The van der Waals surface area contributed by atoms with Crippen LogP contribution in [0.2, 0.25) is 0 Å². The number of nitrogens with one attached hydrogen (secondary N) is 1. The van der Waals surface area contributed by atoms with E-state index >= 15 is 0 Å². The molecule has 2 rings (SSSR count). The lowest BCUT2D eigenvalue weighted by atomic mass is 10.0. The minimum absolute atomic E-state index is 0.248. The number of carboxylic acids is 1. The fourth-order valence-corrected chi connectivity index (χ4v) is 3.68. The first-order chi connectivity index (χ1) is 12.0. The first-order valence-electron chi connectivity index (χ1n) is 7.68. The summed E-state index contributed by atoms with van der Waals surface area (Å²) in [6.45, 7) is 0. The molecule has 2 aromatic rings. The molecule has 0 aliphatic carbocycles. The SMILES string of the molecule is O=C(O)[C@H](Cc1ccccc1)N(I)C(=O)[C@H](Cc1ccccc1)NI. The summed E-state index contributed by atoms with van der Waals surface area (Å²) in [6.07, 6.45) is 0.768. The number of carbonyl (C=O) groups excluding carboxylic acids is 1. The summed E-state index contributed by atoms with van der Waals surface area (Å²) in [7, 11) is 0. The largest absolute Gasteiger partial charge is 0.480 e. The van der Waals surface area contributed by atoms with Gasteiger partial charge in [0.15, 0.2) is 0 Å². The van der Waals surface area contributed by atoms with E-state index in [4.69, 9.17) is 0 Å². The van der Waals surface area contributed by atoms with Crippen molar-refractivity contribution in [2.75, 3.05) is 0 Å². The molecule has 7 heteroatoms.